The van der Waals surface area contributed by atoms with Crippen molar-refractivity contribution >= 4 is 18.1 Å². The molecule has 1 aromatic carbocycles. The van der Waals surface area contributed by atoms with Crippen LogP contribution in [0, 0.1) is 11.3 Å². The summed E-state index contributed by atoms with van der Waals surface area (Å²) in [6, 6.07) is 7.95. The summed E-state index contributed by atoms with van der Waals surface area (Å²) in [6.07, 6.45) is 3.28. The molecule has 0 radical (unpaired) electrons. The van der Waals surface area contributed by atoms with Crippen LogP contribution in [0.3, 0.4) is 0 Å². The molecule has 0 aromatic heterocycles. The van der Waals surface area contributed by atoms with Crippen LogP contribution in [0.15, 0.2) is 24.3 Å². The Morgan fingerprint density at radius 3 is 2.62 bits per heavy atom. The predicted octanol–water partition coefficient (Wildman–Crippen LogP) is 3.36. The fraction of sp³-hybridized carbons (Fsp3) is 0.647. The number of nitrogen functional groups attached to an aromatic ring is 1. The first-order valence-electron chi connectivity index (χ1n) is 7.54. The van der Waals surface area contributed by atoms with Gasteiger partial charge in [0, 0.05) is 17.8 Å². The lowest BCUT2D eigenvalue weighted by Crippen LogP contribution is -2.54. The van der Waals surface area contributed by atoms with Gasteiger partial charge in [-0.25, -0.2) is 0 Å². The molecule has 1 aliphatic rings. The number of halogens is 1. The van der Waals surface area contributed by atoms with Gasteiger partial charge in [-0.05, 0) is 48.3 Å². The Morgan fingerprint density at radius 1 is 1.33 bits per heavy atom. The van der Waals surface area contributed by atoms with Crippen LogP contribution in [-0.4, -0.2) is 17.3 Å². The van der Waals surface area contributed by atoms with Gasteiger partial charge < -0.3 is 16.2 Å². The molecule has 1 saturated carbocycles. The van der Waals surface area contributed by atoms with E-state index in [1.165, 1.54) is 12.0 Å². The van der Waals surface area contributed by atoms with E-state index in [1.807, 2.05) is 18.2 Å². The maximum absolute atomic E-state index is 9.94. The maximum Gasteiger partial charge on any atom is 0.0613 e. The van der Waals surface area contributed by atoms with Gasteiger partial charge in [0.1, 0.15) is 0 Å². The summed E-state index contributed by atoms with van der Waals surface area (Å²) < 4.78 is 0. The van der Waals surface area contributed by atoms with Crippen LogP contribution in [-0.2, 0) is 6.54 Å². The fourth-order valence-electron chi connectivity index (χ4n) is 4.05. The molecule has 1 aliphatic carbocycles. The highest BCUT2D eigenvalue weighted by Crippen LogP contribution is 2.43. The Balaban J connectivity index is 0.00000220. The number of rotatable bonds is 4. The Bertz CT molecular complexity index is 464. The highest BCUT2D eigenvalue weighted by atomic mass is 35.5. The number of anilines is 1. The topological polar surface area (TPSA) is 58.3 Å². The van der Waals surface area contributed by atoms with Crippen molar-refractivity contribution < 1.29 is 5.11 Å². The summed E-state index contributed by atoms with van der Waals surface area (Å²) in [4.78, 5) is 0. The molecule has 0 aliphatic heterocycles. The standard InChI is InChI=1S/C17H28N2O.ClH/c1-13-8-16(2,3)11-17(9-13,12-20)19-10-14-5-4-6-15(18)7-14;/h4-7,13,19-20H,8-12,18H2,1-3H3;1H. The first-order valence-corrected chi connectivity index (χ1v) is 7.54. The van der Waals surface area contributed by atoms with Crippen LogP contribution in [0.4, 0.5) is 5.69 Å². The van der Waals surface area contributed by atoms with E-state index in [9.17, 15) is 5.11 Å². The second-order valence-corrected chi connectivity index (χ2v) is 7.39. The molecule has 0 amide bonds. The monoisotopic (exact) mass is 312 g/mol. The molecule has 0 saturated heterocycles. The van der Waals surface area contributed by atoms with E-state index in [4.69, 9.17) is 5.73 Å². The molecule has 0 heterocycles. The predicted molar refractivity (Wildman–Crippen MR) is 91.6 cm³/mol. The van der Waals surface area contributed by atoms with Crippen molar-refractivity contribution in [2.45, 2.75) is 52.1 Å². The van der Waals surface area contributed by atoms with Gasteiger partial charge in [-0.15, -0.1) is 12.4 Å². The number of benzene rings is 1. The van der Waals surface area contributed by atoms with Gasteiger partial charge in [0.25, 0.3) is 0 Å². The van der Waals surface area contributed by atoms with E-state index in [-0.39, 0.29) is 30.0 Å². The number of aliphatic hydroxyl groups excluding tert-OH is 1. The second kappa shape index (κ2) is 6.99. The fourth-order valence-corrected chi connectivity index (χ4v) is 4.05. The normalized spacial score (nSPS) is 27.9. The molecule has 1 aromatic rings. The van der Waals surface area contributed by atoms with E-state index in [2.05, 4.69) is 32.2 Å². The second-order valence-electron chi connectivity index (χ2n) is 7.39. The quantitative estimate of drug-likeness (QED) is 0.747. The zero-order valence-electron chi connectivity index (χ0n) is 13.4. The molecule has 4 heteroatoms. The molecule has 3 nitrogen and oxygen atoms in total. The van der Waals surface area contributed by atoms with E-state index in [0.29, 0.717) is 5.92 Å². The minimum atomic E-state index is -0.161. The Labute approximate surface area is 134 Å². The molecule has 1 fully saturated rings. The lowest BCUT2D eigenvalue weighted by atomic mass is 9.64. The van der Waals surface area contributed by atoms with Crippen molar-refractivity contribution in [2.24, 2.45) is 11.3 Å². The van der Waals surface area contributed by atoms with Crippen LogP contribution < -0.4 is 11.1 Å². The van der Waals surface area contributed by atoms with Gasteiger partial charge in [-0.3, -0.25) is 0 Å². The Hall–Kier alpha value is -0.770. The number of aliphatic hydroxyl groups is 1. The molecule has 2 rings (SSSR count). The minimum Gasteiger partial charge on any atom is -0.399 e. The summed E-state index contributed by atoms with van der Waals surface area (Å²) in [5, 5.41) is 13.5. The third kappa shape index (κ3) is 4.87. The van der Waals surface area contributed by atoms with Crippen LogP contribution in [0.2, 0.25) is 0 Å². The lowest BCUT2D eigenvalue weighted by Gasteiger charge is -2.47. The third-order valence-electron chi connectivity index (χ3n) is 4.38. The largest absolute Gasteiger partial charge is 0.399 e. The van der Waals surface area contributed by atoms with Gasteiger partial charge >= 0.3 is 0 Å². The smallest absolute Gasteiger partial charge is 0.0613 e. The van der Waals surface area contributed by atoms with Gasteiger partial charge in [-0.1, -0.05) is 32.9 Å². The molecular weight excluding hydrogens is 284 g/mol. The number of nitrogens with one attached hydrogen (secondary N) is 1. The highest BCUT2D eigenvalue weighted by molar-refractivity contribution is 5.85. The molecule has 0 bridgehead atoms. The van der Waals surface area contributed by atoms with Crippen molar-refractivity contribution in [3.63, 3.8) is 0 Å². The number of hydrogen-bond acceptors (Lipinski definition) is 3. The van der Waals surface area contributed by atoms with Crippen LogP contribution in [0.25, 0.3) is 0 Å². The summed E-state index contributed by atoms with van der Waals surface area (Å²) in [5.41, 5.74) is 7.91. The molecule has 21 heavy (non-hydrogen) atoms. The average Bonchev–Trinajstić information content (AvgIpc) is 2.34. The zero-order valence-corrected chi connectivity index (χ0v) is 14.2. The van der Waals surface area contributed by atoms with Gasteiger partial charge in [0.2, 0.25) is 0 Å². The van der Waals surface area contributed by atoms with Crippen molar-refractivity contribution in [1.82, 2.24) is 5.32 Å². The SMILES string of the molecule is CC1CC(C)(C)CC(CO)(NCc2cccc(N)c2)C1.Cl. The molecular formula is C17H29ClN2O. The molecule has 0 spiro atoms. The highest BCUT2D eigenvalue weighted by Gasteiger charge is 2.42. The van der Waals surface area contributed by atoms with E-state index in [0.717, 1.165) is 25.1 Å². The average molecular weight is 313 g/mol. The number of hydrogen-bond donors (Lipinski definition) is 3. The third-order valence-corrected chi connectivity index (χ3v) is 4.38. The van der Waals surface area contributed by atoms with Crippen molar-refractivity contribution in [3.8, 4) is 0 Å². The summed E-state index contributed by atoms with van der Waals surface area (Å²) in [6.45, 7) is 7.84. The van der Waals surface area contributed by atoms with Gasteiger partial charge in [-0.2, -0.15) is 0 Å². The molecule has 2 unspecified atom stereocenters. The Morgan fingerprint density at radius 2 is 2.05 bits per heavy atom. The van der Waals surface area contributed by atoms with Crippen LogP contribution >= 0.6 is 12.4 Å². The van der Waals surface area contributed by atoms with Gasteiger partial charge in [0.15, 0.2) is 0 Å². The van der Waals surface area contributed by atoms with Gasteiger partial charge in [0.05, 0.1) is 6.61 Å². The van der Waals surface area contributed by atoms with E-state index < -0.39 is 0 Å². The van der Waals surface area contributed by atoms with Crippen LogP contribution in [0.1, 0.15) is 45.6 Å². The maximum atomic E-state index is 9.94. The number of nitrogens with two attached hydrogens (primary N) is 1. The molecule has 2 atom stereocenters. The van der Waals surface area contributed by atoms with Crippen LogP contribution in [0.5, 0.6) is 0 Å². The first-order chi connectivity index (χ1) is 9.34. The molecule has 4 N–H and O–H groups in total. The van der Waals surface area contributed by atoms with E-state index in [1.54, 1.807) is 0 Å². The first kappa shape index (κ1) is 18.3. The van der Waals surface area contributed by atoms with Crippen molar-refractivity contribution in [1.29, 1.82) is 0 Å². The van der Waals surface area contributed by atoms with E-state index >= 15 is 0 Å². The zero-order chi connectivity index (χ0) is 14.8. The summed E-state index contributed by atoms with van der Waals surface area (Å²) in [7, 11) is 0. The van der Waals surface area contributed by atoms with Crippen molar-refractivity contribution in [3.05, 3.63) is 29.8 Å². The molecule has 120 valence electrons. The minimum absolute atomic E-state index is 0. The Kier molecular flexibility index (Phi) is 6.09. The summed E-state index contributed by atoms with van der Waals surface area (Å²) >= 11 is 0. The summed E-state index contributed by atoms with van der Waals surface area (Å²) in [5.74, 6) is 0.638. The van der Waals surface area contributed by atoms with Crippen molar-refractivity contribution in [2.75, 3.05) is 12.3 Å². The lowest BCUT2D eigenvalue weighted by molar-refractivity contribution is 0.0352.